The van der Waals surface area contributed by atoms with Gasteiger partial charge in [0.2, 0.25) is 0 Å². The molecule has 2 atom stereocenters. The molecule has 1 fully saturated rings. The minimum atomic E-state index is -0.191. The van der Waals surface area contributed by atoms with Crippen molar-refractivity contribution < 1.29 is 5.11 Å². The molecule has 94 valence electrons. The Morgan fingerprint density at radius 2 is 1.65 bits per heavy atom. The topological polar surface area (TPSA) is 32.3 Å². The molecule has 2 rings (SSSR count). The van der Waals surface area contributed by atoms with Gasteiger partial charge in [0.25, 0.3) is 0 Å². The number of aryl methyl sites for hydroxylation is 3. The quantitative estimate of drug-likeness (QED) is 0.821. The summed E-state index contributed by atoms with van der Waals surface area (Å²) in [6, 6.07) is 4.62. The van der Waals surface area contributed by atoms with Crippen LogP contribution in [0.2, 0.25) is 0 Å². The zero-order valence-electron chi connectivity index (χ0n) is 11.1. The molecule has 0 aliphatic heterocycles. The van der Waals surface area contributed by atoms with Crippen molar-refractivity contribution in [3.63, 3.8) is 0 Å². The molecule has 0 unspecified atom stereocenters. The Labute approximate surface area is 104 Å². The van der Waals surface area contributed by atoms with E-state index in [-0.39, 0.29) is 12.1 Å². The van der Waals surface area contributed by atoms with Crippen molar-refractivity contribution in [1.82, 2.24) is 0 Å². The third kappa shape index (κ3) is 2.81. The molecule has 2 N–H and O–H groups in total. The summed E-state index contributed by atoms with van der Waals surface area (Å²) in [5, 5.41) is 13.5. The maximum atomic E-state index is 10.0. The van der Waals surface area contributed by atoms with E-state index in [4.69, 9.17) is 0 Å². The van der Waals surface area contributed by atoms with Gasteiger partial charge >= 0.3 is 0 Å². The standard InChI is InChI=1S/C15H23NO/c1-10-8-11(2)15(12(3)9-10)16-13-6-4-5-7-14(13)17/h8-9,13-14,16-17H,4-7H2,1-3H3/t13-,14-/m0/s1. The largest absolute Gasteiger partial charge is 0.391 e. The van der Waals surface area contributed by atoms with Crippen LogP contribution in [0.5, 0.6) is 0 Å². The summed E-state index contributed by atoms with van der Waals surface area (Å²) in [4.78, 5) is 0. The molecule has 1 aliphatic carbocycles. The van der Waals surface area contributed by atoms with Crippen LogP contribution in [0.4, 0.5) is 5.69 Å². The van der Waals surface area contributed by atoms with Crippen molar-refractivity contribution in [2.24, 2.45) is 0 Å². The Balaban J connectivity index is 2.17. The monoisotopic (exact) mass is 233 g/mol. The lowest BCUT2D eigenvalue weighted by Crippen LogP contribution is -2.36. The lowest BCUT2D eigenvalue weighted by Gasteiger charge is -2.30. The van der Waals surface area contributed by atoms with Gasteiger partial charge in [0, 0.05) is 5.69 Å². The number of nitrogens with one attached hydrogen (secondary N) is 1. The number of anilines is 1. The second-order valence-electron chi connectivity index (χ2n) is 5.38. The summed E-state index contributed by atoms with van der Waals surface area (Å²) in [6.07, 6.45) is 4.20. The molecule has 0 heterocycles. The second-order valence-corrected chi connectivity index (χ2v) is 5.38. The summed E-state index contributed by atoms with van der Waals surface area (Å²) >= 11 is 0. The molecular weight excluding hydrogens is 210 g/mol. The predicted molar refractivity (Wildman–Crippen MR) is 72.5 cm³/mol. The van der Waals surface area contributed by atoms with E-state index in [0.29, 0.717) is 0 Å². The fourth-order valence-electron chi connectivity index (χ4n) is 2.87. The number of hydrogen-bond acceptors (Lipinski definition) is 2. The molecule has 0 radical (unpaired) electrons. The molecule has 1 aromatic carbocycles. The van der Waals surface area contributed by atoms with Crippen LogP contribution >= 0.6 is 0 Å². The van der Waals surface area contributed by atoms with Crippen LogP contribution in [0, 0.1) is 20.8 Å². The van der Waals surface area contributed by atoms with Crippen LogP contribution in [-0.2, 0) is 0 Å². The van der Waals surface area contributed by atoms with Gasteiger partial charge in [0.15, 0.2) is 0 Å². The van der Waals surface area contributed by atoms with Gasteiger partial charge in [0.1, 0.15) is 0 Å². The van der Waals surface area contributed by atoms with Crippen LogP contribution < -0.4 is 5.32 Å². The van der Waals surface area contributed by atoms with Gasteiger partial charge in [-0.3, -0.25) is 0 Å². The zero-order chi connectivity index (χ0) is 12.4. The van der Waals surface area contributed by atoms with Crippen LogP contribution in [-0.4, -0.2) is 17.3 Å². The number of benzene rings is 1. The molecule has 0 spiro atoms. The van der Waals surface area contributed by atoms with E-state index in [1.807, 2.05) is 0 Å². The minimum absolute atomic E-state index is 0.191. The molecule has 0 amide bonds. The molecular formula is C15H23NO. The molecule has 0 saturated heterocycles. The molecule has 17 heavy (non-hydrogen) atoms. The predicted octanol–water partition coefficient (Wildman–Crippen LogP) is 3.33. The van der Waals surface area contributed by atoms with Crippen molar-refractivity contribution in [2.45, 2.75) is 58.6 Å². The Morgan fingerprint density at radius 3 is 2.24 bits per heavy atom. The maximum absolute atomic E-state index is 10.0. The molecule has 0 aromatic heterocycles. The Hall–Kier alpha value is -1.02. The van der Waals surface area contributed by atoms with Gasteiger partial charge in [-0.25, -0.2) is 0 Å². The molecule has 1 aliphatic rings. The average Bonchev–Trinajstić information content (AvgIpc) is 2.25. The Bertz CT molecular complexity index is 377. The first kappa shape index (κ1) is 12.4. The van der Waals surface area contributed by atoms with Crippen LogP contribution in [0.3, 0.4) is 0 Å². The highest BCUT2D eigenvalue weighted by molar-refractivity contribution is 5.58. The van der Waals surface area contributed by atoms with Gasteiger partial charge in [-0.1, -0.05) is 30.5 Å². The molecule has 1 aromatic rings. The normalized spacial score (nSPS) is 24.7. The van der Waals surface area contributed by atoms with Crippen molar-refractivity contribution in [2.75, 3.05) is 5.32 Å². The van der Waals surface area contributed by atoms with Gasteiger partial charge in [-0.05, 0) is 44.7 Å². The first-order valence-electron chi connectivity index (χ1n) is 6.60. The first-order chi connectivity index (χ1) is 8.08. The SMILES string of the molecule is Cc1cc(C)c(N[C@H]2CCCC[C@@H]2O)c(C)c1. The molecule has 0 bridgehead atoms. The van der Waals surface area contributed by atoms with Gasteiger partial charge in [-0.2, -0.15) is 0 Å². The fraction of sp³-hybridized carbons (Fsp3) is 0.600. The van der Waals surface area contributed by atoms with Gasteiger partial charge < -0.3 is 10.4 Å². The van der Waals surface area contributed by atoms with Crippen LogP contribution in [0.15, 0.2) is 12.1 Å². The number of rotatable bonds is 2. The van der Waals surface area contributed by atoms with Crippen molar-refractivity contribution in [3.8, 4) is 0 Å². The van der Waals surface area contributed by atoms with E-state index in [1.54, 1.807) is 0 Å². The summed E-state index contributed by atoms with van der Waals surface area (Å²) in [7, 11) is 0. The smallest absolute Gasteiger partial charge is 0.0741 e. The van der Waals surface area contributed by atoms with E-state index in [2.05, 4.69) is 38.2 Å². The Morgan fingerprint density at radius 1 is 1.06 bits per heavy atom. The first-order valence-corrected chi connectivity index (χ1v) is 6.60. The van der Waals surface area contributed by atoms with Gasteiger partial charge in [-0.15, -0.1) is 0 Å². The van der Waals surface area contributed by atoms with Crippen molar-refractivity contribution in [3.05, 3.63) is 28.8 Å². The fourth-order valence-corrected chi connectivity index (χ4v) is 2.87. The van der Waals surface area contributed by atoms with Crippen LogP contribution in [0.25, 0.3) is 0 Å². The van der Waals surface area contributed by atoms with Crippen LogP contribution in [0.1, 0.15) is 42.4 Å². The summed E-state index contributed by atoms with van der Waals surface area (Å²) in [6.45, 7) is 6.40. The van der Waals surface area contributed by atoms with Gasteiger partial charge in [0.05, 0.1) is 12.1 Å². The number of hydrogen-bond donors (Lipinski definition) is 2. The summed E-state index contributed by atoms with van der Waals surface area (Å²) < 4.78 is 0. The minimum Gasteiger partial charge on any atom is -0.391 e. The lowest BCUT2D eigenvalue weighted by molar-refractivity contribution is 0.116. The third-order valence-corrected chi connectivity index (χ3v) is 3.74. The van der Waals surface area contributed by atoms with Crippen molar-refractivity contribution >= 4 is 5.69 Å². The lowest BCUT2D eigenvalue weighted by atomic mass is 9.91. The third-order valence-electron chi connectivity index (χ3n) is 3.74. The maximum Gasteiger partial charge on any atom is 0.0741 e. The zero-order valence-corrected chi connectivity index (χ0v) is 11.1. The molecule has 2 nitrogen and oxygen atoms in total. The highest BCUT2D eigenvalue weighted by atomic mass is 16.3. The average molecular weight is 233 g/mol. The highest BCUT2D eigenvalue weighted by Crippen LogP contribution is 2.27. The molecule has 2 heteroatoms. The summed E-state index contributed by atoms with van der Waals surface area (Å²) in [5.41, 5.74) is 5.07. The second kappa shape index (κ2) is 5.09. The Kier molecular flexibility index (Phi) is 3.72. The highest BCUT2D eigenvalue weighted by Gasteiger charge is 2.23. The van der Waals surface area contributed by atoms with E-state index in [0.717, 1.165) is 19.3 Å². The van der Waals surface area contributed by atoms with E-state index in [9.17, 15) is 5.11 Å². The summed E-state index contributed by atoms with van der Waals surface area (Å²) in [5.74, 6) is 0. The number of aliphatic hydroxyl groups is 1. The van der Waals surface area contributed by atoms with E-state index >= 15 is 0 Å². The molecule has 1 saturated carbocycles. The van der Waals surface area contributed by atoms with E-state index in [1.165, 1.54) is 28.8 Å². The number of aliphatic hydroxyl groups excluding tert-OH is 1. The van der Waals surface area contributed by atoms with E-state index < -0.39 is 0 Å². The van der Waals surface area contributed by atoms with Crippen molar-refractivity contribution in [1.29, 1.82) is 0 Å².